The number of ether oxygens (including phenoxy) is 1. The van der Waals surface area contributed by atoms with Crippen molar-refractivity contribution in [3.63, 3.8) is 0 Å². The van der Waals surface area contributed by atoms with E-state index in [1.807, 2.05) is 24.3 Å². The monoisotopic (exact) mass is 300 g/mol. The SMILES string of the molecule is Cc1ccc(C)n1CCOc1ccc(C[C@H](C)C(=O)[O-])cc1. The van der Waals surface area contributed by atoms with Gasteiger partial charge in [-0.1, -0.05) is 19.1 Å². The first-order valence-corrected chi connectivity index (χ1v) is 7.52. The van der Waals surface area contributed by atoms with Crippen molar-refractivity contribution < 1.29 is 14.6 Å². The summed E-state index contributed by atoms with van der Waals surface area (Å²) >= 11 is 0. The van der Waals surface area contributed by atoms with Gasteiger partial charge in [-0.05, 0) is 56.0 Å². The van der Waals surface area contributed by atoms with Crippen molar-refractivity contribution in [2.45, 2.75) is 33.7 Å². The second-order valence-electron chi connectivity index (χ2n) is 5.68. The van der Waals surface area contributed by atoms with E-state index in [9.17, 15) is 9.90 Å². The van der Waals surface area contributed by atoms with Crippen LogP contribution in [0, 0.1) is 19.8 Å². The van der Waals surface area contributed by atoms with Gasteiger partial charge >= 0.3 is 0 Å². The Kier molecular flexibility index (Phi) is 5.26. The molecule has 0 aliphatic heterocycles. The zero-order valence-electron chi connectivity index (χ0n) is 13.3. The summed E-state index contributed by atoms with van der Waals surface area (Å²) < 4.78 is 7.97. The molecule has 0 bridgehead atoms. The van der Waals surface area contributed by atoms with Crippen LogP contribution in [0.4, 0.5) is 0 Å². The summed E-state index contributed by atoms with van der Waals surface area (Å²) in [7, 11) is 0. The van der Waals surface area contributed by atoms with Crippen LogP contribution in [0.1, 0.15) is 23.9 Å². The number of carboxylic acid groups (broad SMARTS) is 1. The molecule has 0 radical (unpaired) electrons. The maximum absolute atomic E-state index is 10.7. The average molecular weight is 300 g/mol. The zero-order chi connectivity index (χ0) is 16.1. The second kappa shape index (κ2) is 7.16. The lowest BCUT2D eigenvalue weighted by Crippen LogP contribution is -2.30. The van der Waals surface area contributed by atoms with E-state index in [2.05, 4.69) is 30.5 Å². The fourth-order valence-electron chi connectivity index (χ4n) is 2.47. The quantitative estimate of drug-likeness (QED) is 0.787. The molecule has 1 atom stereocenters. The Morgan fingerprint density at radius 2 is 1.73 bits per heavy atom. The molecule has 0 spiro atoms. The van der Waals surface area contributed by atoms with Gasteiger partial charge in [0.05, 0.1) is 6.54 Å². The fraction of sp³-hybridized carbons (Fsp3) is 0.389. The highest BCUT2D eigenvalue weighted by atomic mass is 16.5. The lowest BCUT2D eigenvalue weighted by atomic mass is 10.0. The van der Waals surface area contributed by atoms with Gasteiger partial charge in [0.1, 0.15) is 12.4 Å². The van der Waals surface area contributed by atoms with Crippen molar-refractivity contribution in [1.29, 1.82) is 0 Å². The number of nitrogens with zero attached hydrogens (tertiary/aromatic N) is 1. The summed E-state index contributed by atoms with van der Waals surface area (Å²) in [6, 6.07) is 11.8. The maximum Gasteiger partial charge on any atom is 0.119 e. The highest BCUT2D eigenvalue weighted by Crippen LogP contribution is 2.15. The number of benzene rings is 1. The Morgan fingerprint density at radius 1 is 1.14 bits per heavy atom. The van der Waals surface area contributed by atoms with Gasteiger partial charge in [0, 0.05) is 17.4 Å². The molecule has 0 saturated carbocycles. The molecule has 118 valence electrons. The lowest BCUT2D eigenvalue weighted by Gasteiger charge is -2.13. The van der Waals surface area contributed by atoms with Gasteiger partial charge < -0.3 is 19.2 Å². The molecule has 2 aromatic rings. The van der Waals surface area contributed by atoms with E-state index in [0.29, 0.717) is 13.0 Å². The molecule has 0 amide bonds. The summed E-state index contributed by atoms with van der Waals surface area (Å²) in [5.74, 6) is -0.698. The number of aliphatic carboxylic acids is 1. The first-order chi connectivity index (χ1) is 10.5. The van der Waals surface area contributed by atoms with Crippen LogP contribution >= 0.6 is 0 Å². The largest absolute Gasteiger partial charge is 0.550 e. The number of aryl methyl sites for hydroxylation is 2. The first kappa shape index (κ1) is 16.1. The van der Waals surface area contributed by atoms with Gasteiger partial charge in [0.25, 0.3) is 0 Å². The predicted octanol–water partition coefficient (Wildman–Crippen LogP) is 2.11. The van der Waals surface area contributed by atoms with Crippen LogP contribution in [0.25, 0.3) is 0 Å². The summed E-state index contributed by atoms with van der Waals surface area (Å²) in [5.41, 5.74) is 3.43. The van der Waals surface area contributed by atoms with E-state index < -0.39 is 11.9 Å². The van der Waals surface area contributed by atoms with Crippen LogP contribution in [0.2, 0.25) is 0 Å². The molecule has 0 aliphatic rings. The van der Waals surface area contributed by atoms with Crippen molar-refractivity contribution in [2.24, 2.45) is 5.92 Å². The molecular formula is C18H22NO3-. The van der Waals surface area contributed by atoms with Crippen molar-refractivity contribution in [1.82, 2.24) is 4.57 Å². The van der Waals surface area contributed by atoms with E-state index in [4.69, 9.17) is 4.74 Å². The minimum Gasteiger partial charge on any atom is -0.550 e. The van der Waals surface area contributed by atoms with E-state index in [0.717, 1.165) is 17.9 Å². The van der Waals surface area contributed by atoms with Crippen LogP contribution in [-0.4, -0.2) is 17.1 Å². The topological polar surface area (TPSA) is 54.3 Å². The van der Waals surface area contributed by atoms with Crippen LogP contribution in [-0.2, 0) is 17.8 Å². The van der Waals surface area contributed by atoms with Gasteiger partial charge in [0.15, 0.2) is 0 Å². The molecule has 1 aromatic carbocycles. The molecule has 1 aromatic heterocycles. The van der Waals surface area contributed by atoms with Gasteiger partial charge in [-0.25, -0.2) is 0 Å². The zero-order valence-corrected chi connectivity index (χ0v) is 13.3. The number of carbonyl (C=O) groups is 1. The molecule has 0 unspecified atom stereocenters. The average Bonchev–Trinajstić information content (AvgIpc) is 2.80. The van der Waals surface area contributed by atoms with E-state index in [-0.39, 0.29) is 0 Å². The Balaban J connectivity index is 1.85. The molecule has 0 saturated heterocycles. The third kappa shape index (κ3) is 4.13. The van der Waals surface area contributed by atoms with Crippen LogP contribution in [0.3, 0.4) is 0 Å². The third-order valence-electron chi connectivity index (χ3n) is 3.87. The van der Waals surface area contributed by atoms with E-state index in [1.165, 1.54) is 11.4 Å². The summed E-state index contributed by atoms with van der Waals surface area (Å²) in [5, 5.41) is 10.7. The fourth-order valence-corrected chi connectivity index (χ4v) is 2.47. The van der Waals surface area contributed by atoms with Crippen molar-refractivity contribution in [3.05, 3.63) is 53.3 Å². The number of carbonyl (C=O) groups excluding carboxylic acids is 1. The Hall–Kier alpha value is -2.23. The molecule has 22 heavy (non-hydrogen) atoms. The van der Waals surface area contributed by atoms with Crippen molar-refractivity contribution in [2.75, 3.05) is 6.61 Å². The number of hydrogen-bond acceptors (Lipinski definition) is 3. The lowest BCUT2D eigenvalue weighted by molar-refractivity contribution is -0.310. The van der Waals surface area contributed by atoms with Gasteiger partial charge in [0.2, 0.25) is 0 Å². The third-order valence-corrected chi connectivity index (χ3v) is 3.87. The van der Waals surface area contributed by atoms with E-state index in [1.54, 1.807) is 6.92 Å². The molecule has 4 nitrogen and oxygen atoms in total. The minimum absolute atomic E-state index is 0.477. The molecular weight excluding hydrogens is 278 g/mol. The first-order valence-electron chi connectivity index (χ1n) is 7.52. The Labute approximate surface area is 131 Å². The Morgan fingerprint density at radius 3 is 2.27 bits per heavy atom. The highest BCUT2D eigenvalue weighted by Gasteiger charge is 2.05. The molecule has 1 heterocycles. The number of rotatable bonds is 7. The Bertz CT molecular complexity index is 609. The normalized spacial score (nSPS) is 12.1. The molecule has 0 aliphatic carbocycles. The molecule has 0 fully saturated rings. The maximum atomic E-state index is 10.7. The van der Waals surface area contributed by atoms with Crippen molar-refractivity contribution >= 4 is 5.97 Å². The van der Waals surface area contributed by atoms with Gasteiger partial charge in [-0.15, -0.1) is 0 Å². The number of carboxylic acids is 1. The van der Waals surface area contributed by atoms with Crippen LogP contribution in [0.5, 0.6) is 5.75 Å². The standard InChI is InChI=1S/C18H23NO3/c1-13(18(20)21)12-16-6-8-17(9-7-16)22-11-10-19-14(2)4-5-15(19)3/h4-9,13H,10-12H2,1-3H3,(H,20,21)/p-1/t13-/m0/s1. The van der Waals surface area contributed by atoms with Crippen LogP contribution < -0.4 is 9.84 Å². The van der Waals surface area contributed by atoms with E-state index >= 15 is 0 Å². The smallest absolute Gasteiger partial charge is 0.119 e. The summed E-state index contributed by atoms with van der Waals surface area (Å²) in [4.78, 5) is 10.7. The van der Waals surface area contributed by atoms with Gasteiger partial charge in [-0.2, -0.15) is 0 Å². The number of aromatic nitrogens is 1. The van der Waals surface area contributed by atoms with Gasteiger partial charge in [-0.3, -0.25) is 0 Å². The minimum atomic E-state index is -1.02. The molecule has 4 heteroatoms. The summed E-state index contributed by atoms with van der Waals surface area (Å²) in [6.45, 7) is 7.24. The summed E-state index contributed by atoms with van der Waals surface area (Å²) in [6.07, 6.45) is 0.477. The second-order valence-corrected chi connectivity index (χ2v) is 5.68. The molecule has 2 rings (SSSR count). The highest BCUT2D eigenvalue weighted by molar-refractivity contribution is 5.67. The van der Waals surface area contributed by atoms with Crippen LogP contribution in [0.15, 0.2) is 36.4 Å². The number of hydrogen-bond donors (Lipinski definition) is 0. The molecule has 0 N–H and O–H groups in total. The predicted molar refractivity (Wildman–Crippen MR) is 83.7 cm³/mol. The van der Waals surface area contributed by atoms with Crippen molar-refractivity contribution in [3.8, 4) is 5.75 Å².